The Balaban J connectivity index is 2.27. The molecule has 2 aromatic rings. The van der Waals surface area contributed by atoms with Crippen molar-refractivity contribution in [3.8, 4) is 5.75 Å². The molecule has 180 valence electrons. The number of benzene rings is 2. The smallest absolute Gasteiger partial charge is 0.339 e. The highest BCUT2D eigenvalue weighted by Crippen LogP contribution is 2.28. The monoisotopic (exact) mass is 477 g/mol. The van der Waals surface area contributed by atoms with E-state index in [0.29, 0.717) is 5.56 Å². The highest BCUT2D eigenvalue weighted by molar-refractivity contribution is 7.87. The zero-order valence-electron chi connectivity index (χ0n) is 19.5. The van der Waals surface area contributed by atoms with Crippen LogP contribution in [-0.4, -0.2) is 38.6 Å². The van der Waals surface area contributed by atoms with Gasteiger partial charge in [-0.1, -0.05) is 29.8 Å². The quantitative estimate of drug-likeness (QED) is 0.430. The highest BCUT2D eigenvalue weighted by Gasteiger charge is 2.33. The van der Waals surface area contributed by atoms with Crippen LogP contribution in [0.2, 0.25) is 0 Å². The van der Waals surface area contributed by atoms with Gasteiger partial charge in [-0.15, -0.1) is 0 Å². The van der Waals surface area contributed by atoms with Gasteiger partial charge in [-0.05, 0) is 64.4 Å². The first-order valence-corrected chi connectivity index (χ1v) is 12.0. The van der Waals surface area contributed by atoms with Gasteiger partial charge in [0.15, 0.2) is 0 Å². The standard InChI is InChI=1S/C24H31NO7S/c1-6-30-21(26)15-20(25)22(23(27)31-24(3,4)5)17-9-11-18(12-10-17)32-33(28,29)19-13-7-16(2)8-14-19/h7-14,20,22H,6,15,25H2,1-5H3. The molecule has 0 aromatic heterocycles. The molecule has 0 spiro atoms. The van der Waals surface area contributed by atoms with Crippen LogP contribution < -0.4 is 9.92 Å². The van der Waals surface area contributed by atoms with E-state index in [4.69, 9.17) is 19.4 Å². The van der Waals surface area contributed by atoms with Crippen molar-refractivity contribution in [1.29, 1.82) is 0 Å². The van der Waals surface area contributed by atoms with Gasteiger partial charge in [0.05, 0.1) is 18.9 Å². The number of rotatable bonds is 9. The molecule has 2 rings (SSSR count). The molecule has 0 aliphatic heterocycles. The molecule has 0 heterocycles. The third-order valence-corrected chi connectivity index (χ3v) is 5.81. The fourth-order valence-corrected chi connectivity index (χ4v) is 3.99. The summed E-state index contributed by atoms with van der Waals surface area (Å²) >= 11 is 0. The maximum atomic E-state index is 12.9. The molecule has 0 amide bonds. The molecule has 0 aliphatic carbocycles. The van der Waals surface area contributed by atoms with Crippen LogP contribution in [0.3, 0.4) is 0 Å². The second kappa shape index (κ2) is 10.8. The van der Waals surface area contributed by atoms with Crippen LogP contribution in [0.5, 0.6) is 5.75 Å². The average Bonchev–Trinajstić information content (AvgIpc) is 2.68. The molecule has 2 atom stereocenters. The Hall–Kier alpha value is -2.91. The first kappa shape index (κ1) is 26.3. The van der Waals surface area contributed by atoms with Gasteiger partial charge in [-0.2, -0.15) is 8.42 Å². The van der Waals surface area contributed by atoms with Gasteiger partial charge in [0, 0.05) is 6.04 Å². The van der Waals surface area contributed by atoms with E-state index in [2.05, 4.69) is 0 Å². The lowest BCUT2D eigenvalue weighted by Crippen LogP contribution is -2.39. The Kier molecular flexibility index (Phi) is 8.63. The Morgan fingerprint density at radius 3 is 2.09 bits per heavy atom. The third-order valence-electron chi connectivity index (χ3n) is 4.55. The number of aryl methyl sites for hydroxylation is 1. The van der Waals surface area contributed by atoms with Crippen molar-refractivity contribution in [3.05, 3.63) is 59.7 Å². The summed E-state index contributed by atoms with van der Waals surface area (Å²) in [4.78, 5) is 24.8. The SMILES string of the molecule is CCOC(=O)CC(N)C(C(=O)OC(C)(C)C)c1ccc(OS(=O)(=O)c2ccc(C)cc2)cc1. The van der Waals surface area contributed by atoms with Crippen LogP contribution in [0, 0.1) is 6.92 Å². The van der Waals surface area contributed by atoms with Gasteiger partial charge in [0.25, 0.3) is 0 Å². The summed E-state index contributed by atoms with van der Waals surface area (Å²) in [7, 11) is -4.02. The first-order valence-electron chi connectivity index (χ1n) is 10.6. The maximum Gasteiger partial charge on any atom is 0.339 e. The fraction of sp³-hybridized carbons (Fsp3) is 0.417. The molecule has 0 radical (unpaired) electrons. The highest BCUT2D eigenvalue weighted by atomic mass is 32.2. The second-order valence-electron chi connectivity index (χ2n) is 8.60. The molecule has 0 aliphatic rings. The summed E-state index contributed by atoms with van der Waals surface area (Å²) in [6, 6.07) is 11.3. The van der Waals surface area contributed by atoms with Crippen molar-refractivity contribution in [2.75, 3.05) is 6.61 Å². The van der Waals surface area contributed by atoms with Gasteiger partial charge in [-0.25, -0.2) is 0 Å². The summed E-state index contributed by atoms with van der Waals surface area (Å²) in [5.41, 5.74) is 6.82. The predicted octanol–water partition coefficient (Wildman–Crippen LogP) is 3.47. The van der Waals surface area contributed by atoms with Gasteiger partial charge >= 0.3 is 22.1 Å². The summed E-state index contributed by atoms with van der Waals surface area (Å²) in [6.07, 6.45) is -0.183. The predicted molar refractivity (Wildman–Crippen MR) is 123 cm³/mol. The molecule has 9 heteroatoms. The first-order chi connectivity index (χ1) is 15.3. The lowest BCUT2D eigenvalue weighted by Gasteiger charge is -2.27. The Labute approximate surface area is 195 Å². The van der Waals surface area contributed by atoms with Crippen LogP contribution in [0.25, 0.3) is 0 Å². The molecule has 0 saturated heterocycles. The number of hydrogen-bond donors (Lipinski definition) is 1. The lowest BCUT2D eigenvalue weighted by molar-refractivity contribution is -0.157. The molecule has 0 fully saturated rings. The minimum atomic E-state index is -4.02. The van der Waals surface area contributed by atoms with Crippen molar-refractivity contribution in [2.24, 2.45) is 5.73 Å². The van der Waals surface area contributed by atoms with Crippen LogP contribution in [0.4, 0.5) is 0 Å². The van der Waals surface area contributed by atoms with Gasteiger partial charge in [0.1, 0.15) is 16.2 Å². The third kappa shape index (κ3) is 7.87. The molecule has 8 nitrogen and oxygen atoms in total. The van der Waals surface area contributed by atoms with E-state index in [-0.39, 0.29) is 23.7 Å². The average molecular weight is 478 g/mol. The number of ether oxygens (including phenoxy) is 2. The Bertz CT molecular complexity index is 1060. The van der Waals surface area contributed by atoms with E-state index in [9.17, 15) is 18.0 Å². The molecule has 33 heavy (non-hydrogen) atoms. The Morgan fingerprint density at radius 2 is 1.58 bits per heavy atom. The summed E-state index contributed by atoms with van der Waals surface area (Å²) in [5, 5.41) is 0. The molecule has 0 bridgehead atoms. The van der Waals surface area contributed by atoms with Crippen molar-refractivity contribution >= 4 is 22.1 Å². The zero-order chi connectivity index (χ0) is 24.8. The molecule has 2 unspecified atom stereocenters. The maximum absolute atomic E-state index is 12.9. The number of esters is 2. The largest absolute Gasteiger partial charge is 0.466 e. The van der Waals surface area contributed by atoms with Crippen molar-refractivity contribution < 1.29 is 31.7 Å². The van der Waals surface area contributed by atoms with Gasteiger partial charge < -0.3 is 19.4 Å². The van der Waals surface area contributed by atoms with Crippen LogP contribution in [0.1, 0.15) is 51.2 Å². The Morgan fingerprint density at radius 1 is 1.00 bits per heavy atom. The topological polar surface area (TPSA) is 122 Å². The summed E-state index contributed by atoms with van der Waals surface area (Å²) < 4.78 is 40.7. The van der Waals surface area contributed by atoms with Crippen LogP contribution in [-0.2, 0) is 29.2 Å². The zero-order valence-corrected chi connectivity index (χ0v) is 20.3. The van der Waals surface area contributed by atoms with Crippen LogP contribution in [0.15, 0.2) is 53.4 Å². The van der Waals surface area contributed by atoms with Crippen molar-refractivity contribution in [2.45, 2.75) is 63.5 Å². The number of carbonyl (C=O) groups is 2. The van der Waals surface area contributed by atoms with E-state index in [1.54, 1.807) is 39.8 Å². The minimum Gasteiger partial charge on any atom is -0.466 e. The number of nitrogens with two attached hydrogens (primary N) is 1. The normalized spacial score (nSPS) is 13.6. The van der Waals surface area contributed by atoms with Crippen molar-refractivity contribution in [3.63, 3.8) is 0 Å². The second-order valence-corrected chi connectivity index (χ2v) is 10.2. The van der Waals surface area contributed by atoms with Gasteiger partial charge in [0.2, 0.25) is 0 Å². The molecule has 0 saturated carbocycles. The van der Waals surface area contributed by atoms with Gasteiger partial charge in [-0.3, -0.25) is 9.59 Å². The summed E-state index contributed by atoms with van der Waals surface area (Å²) in [6.45, 7) is 8.91. The fourth-order valence-electron chi connectivity index (χ4n) is 3.06. The van der Waals surface area contributed by atoms with E-state index in [0.717, 1.165) is 5.56 Å². The molecule has 2 aromatic carbocycles. The van der Waals surface area contributed by atoms with E-state index in [1.807, 2.05) is 6.92 Å². The molecular formula is C24H31NO7S. The number of carbonyl (C=O) groups excluding carboxylic acids is 2. The minimum absolute atomic E-state index is 0.0280. The summed E-state index contributed by atoms with van der Waals surface area (Å²) in [5.74, 6) is -2.01. The van der Waals surface area contributed by atoms with Crippen LogP contribution >= 0.6 is 0 Å². The number of hydrogen-bond acceptors (Lipinski definition) is 8. The van der Waals surface area contributed by atoms with E-state index in [1.165, 1.54) is 36.4 Å². The van der Waals surface area contributed by atoms with E-state index < -0.39 is 39.6 Å². The van der Waals surface area contributed by atoms with E-state index >= 15 is 0 Å². The molecular weight excluding hydrogens is 446 g/mol. The molecule has 2 N–H and O–H groups in total. The lowest BCUT2D eigenvalue weighted by atomic mass is 9.89. The van der Waals surface area contributed by atoms with Crippen molar-refractivity contribution in [1.82, 2.24) is 0 Å².